The fourth-order valence-electron chi connectivity index (χ4n) is 3.76. The third-order valence-corrected chi connectivity index (χ3v) is 8.53. The van der Waals surface area contributed by atoms with Crippen LogP contribution in [-0.4, -0.2) is 30.9 Å². The fourth-order valence-corrected chi connectivity index (χ4v) is 6.47. The van der Waals surface area contributed by atoms with Crippen molar-refractivity contribution in [3.63, 3.8) is 0 Å². The lowest BCUT2D eigenvalue weighted by molar-refractivity contribution is -0.115. The number of carbonyl (C=O) groups excluding carboxylic acids is 1. The van der Waals surface area contributed by atoms with Crippen LogP contribution >= 0.6 is 46.5 Å². The Morgan fingerprint density at radius 1 is 1.25 bits per heavy atom. The van der Waals surface area contributed by atoms with Gasteiger partial charge in [-0.1, -0.05) is 60.8 Å². The minimum absolute atomic E-state index is 0.0715. The molecule has 10 heteroatoms. The molecule has 1 aliphatic rings. The molecule has 0 aliphatic heterocycles. The van der Waals surface area contributed by atoms with Gasteiger partial charge in [0.1, 0.15) is 5.82 Å². The number of anilines is 1. The van der Waals surface area contributed by atoms with Crippen molar-refractivity contribution in [1.29, 1.82) is 0 Å². The summed E-state index contributed by atoms with van der Waals surface area (Å²) in [7, 11) is 0. The maximum atomic E-state index is 12.6. The molecule has 1 aliphatic carbocycles. The van der Waals surface area contributed by atoms with Gasteiger partial charge in [0.25, 0.3) is 0 Å². The van der Waals surface area contributed by atoms with E-state index in [1.165, 1.54) is 42.4 Å². The number of nitrogens with one attached hydrogen (secondary N) is 1. The first-order valence-electron chi connectivity index (χ1n) is 10.7. The van der Waals surface area contributed by atoms with Gasteiger partial charge in [-0.05, 0) is 31.4 Å². The summed E-state index contributed by atoms with van der Waals surface area (Å²) in [5, 5.41) is 15.7. The van der Waals surface area contributed by atoms with Gasteiger partial charge >= 0.3 is 0 Å². The highest BCUT2D eigenvalue weighted by Gasteiger charge is 2.26. The molecule has 170 valence electrons. The van der Waals surface area contributed by atoms with Crippen LogP contribution in [0.25, 0.3) is 0 Å². The lowest BCUT2D eigenvalue weighted by Crippen LogP contribution is -2.23. The van der Waals surface area contributed by atoms with Gasteiger partial charge in [0.05, 0.1) is 11.0 Å². The summed E-state index contributed by atoms with van der Waals surface area (Å²) in [5.74, 6) is 2.49. The zero-order chi connectivity index (χ0) is 22.3. The molecule has 0 spiro atoms. The Labute approximate surface area is 206 Å². The van der Waals surface area contributed by atoms with Crippen molar-refractivity contribution in [1.82, 2.24) is 19.7 Å². The van der Waals surface area contributed by atoms with Crippen LogP contribution in [0, 0.1) is 0 Å². The molecule has 32 heavy (non-hydrogen) atoms. The average molecular weight is 508 g/mol. The van der Waals surface area contributed by atoms with Crippen molar-refractivity contribution in [2.45, 2.75) is 67.0 Å². The van der Waals surface area contributed by atoms with E-state index in [-0.39, 0.29) is 11.2 Å². The number of thiazole rings is 1. The van der Waals surface area contributed by atoms with Crippen LogP contribution in [0.3, 0.4) is 0 Å². The van der Waals surface area contributed by atoms with E-state index in [0.717, 1.165) is 45.9 Å². The van der Waals surface area contributed by atoms with Gasteiger partial charge in [-0.3, -0.25) is 4.79 Å². The van der Waals surface area contributed by atoms with Gasteiger partial charge in [0, 0.05) is 28.4 Å². The SMILES string of the molecule is C[C@@H](Sc1nnc(CSCc2ccccc2Cl)n1C1CCCCC1)C(=O)Nc1nccs1. The van der Waals surface area contributed by atoms with Crippen LogP contribution in [0.15, 0.2) is 41.0 Å². The maximum Gasteiger partial charge on any atom is 0.239 e. The van der Waals surface area contributed by atoms with Gasteiger partial charge in [0.15, 0.2) is 10.3 Å². The molecule has 1 saturated carbocycles. The summed E-state index contributed by atoms with van der Waals surface area (Å²) >= 11 is 11.0. The molecule has 3 aromatic rings. The van der Waals surface area contributed by atoms with E-state index in [0.29, 0.717) is 11.2 Å². The number of thioether (sulfide) groups is 2. The number of hydrogen-bond acceptors (Lipinski definition) is 7. The molecule has 0 radical (unpaired) electrons. The molecule has 0 unspecified atom stereocenters. The zero-order valence-electron chi connectivity index (χ0n) is 17.9. The molecule has 1 amide bonds. The van der Waals surface area contributed by atoms with E-state index < -0.39 is 0 Å². The third-order valence-electron chi connectivity index (χ3n) is 5.44. The van der Waals surface area contributed by atoms with Gasteiger partial charge in [-0.25, -0.2) is 4.98 Å². The Kier molecular flexibility index (Phi) is 8.51. The summed E-state index contributed by atoms with van der Waals surface area (Å²) in [6.07, 6.45) is 7.67. The number of nitrogens with zero attached hydrogens (tertiary/aromatic N) is 4. The van der Waals surface area contributed by atoms with Crippen molar-refractivity contribution in [3.05, 3.63) is 52.3 Å². The summed E-state index contributed by atoms with van der Waals surface area (Å²) in [6, 6.07) is 8.34. The van der Waals surface area contributed by atoms with Crippen molar-refractivity contribution in [2.75, 3.05) is 5.32 Å². The van der Waals surface area contributed by atoms with E-state index in [4.69, 9.17) is 11.6 Å². The van der Waals surface area contributed by atoms with Crippen LogP contribution < -0.4 is 5.32 Å². The Bertz CT molecular complexity index is 1020. The van der Waals surface area contributed by atoms with Gasteiger partial charge in [0.2, 0.25) is 5.91 Å². The van der Waals surface area contributed by atoms with Crippen LogP contribution in [0.4, 0.5) is 5.13 Å². The largest absolute Gasteiger partial charge is 0.302 e. The van der Waals surface area contributed by atoms with Crippen LogP contribution in [0.1, 0.15) is 56.5 Å². The number of rotatable bonds is 9. The molecule has 2 aromatic heterocycles. The zero-order valence-corrected chi connectivity index (χ0v) is 21.1. The number of hydrogen-bond donors (Lipinski definition) is 1. The molecule has 4 rings (SSSR count). The first-order valence-corrected chi connectivity index (χ1v) is 14.0. The first-order chi connectivity index (χ1) is 15.6. The van der Waals surface area contributed by atoms with Crippen LogP contribution in [-0.2, 0) is 16.3 Å². The minimum atomic E-state index is -0.297. The third kappa shape index (κ3) is 6.07. The maximum absolute atomic E-state index is 12.6. The predicted octanol–water partition coefficient (Wildman–Crippen LogP) is 6.45. The van der Waals surface area contributed by atoms with Crippen LogP contribution in [0.2, 0.25) is 5.02 Å². The van der Waals surface area contributed by atoms with Crippen molar-refractivity contribution < 1.29 is 4.79 Å². The second kappa shape index (κ2) is 11.5. The quantitative estimate of drug-likeness (QED) is 0.336. The van der Waals surface area contributed by atoms with E-state index in [1.54, 1.807) is 18.0 Å². The fraction of sp³-hybridized carbons (Fsp3) is 0.455. The highest BCUT2D eigenvalue weighted by Crippen LogP contribution is 2.35. The molecule has 6 nitrogen and oxygen atoms in total. The lowest BCUT2D eigenvalue weighted by atomic mass is 9.95. The topological polar surface area (TPSA) is 72.7 Å². The molecule has 2 heterocycles. The van der Waals surface area contributed by atoms with Crippen molar-refractivity contribution in [2.24, 2.45) is 0 Å². The Hall–Kier alpha value is -1.55. The normalized spacial score (nSPS) is 15.6. The van der Waals surface area contributed by atoms with Crippen molar-refractivity contribution >= 4 is 57.5 Å². The Balaban J connectivity index is 1.46. The monoisotopic (exact) mass is 507 g/mol. The number of carbonyl (C=O) groups is 1. The Morgan fingerprint density at radius 2 is 2.06 bits per heavy atom. The van der Waals surface area contributed by atoms with E-state index >= 15 is 0 Å². The van der Waals surface area contributed by atoms with Crippen LogP contribution in [0.5, 0.6) is 0 Å². The van der Waals surface area contributed by atoms with Gasteiger partial charge in [-0.15, -0.1) is 33.3 Å². The molecular weight excluding hydrogens is 482 g/mol. The number of benzene rings is 1. The van der Waals surface area contributed by atoms with Crippen molar-refractivity contribution in [3.8, 4) is 0 Å². The number of amides is 1. The second-order valence-electron chi connectivity index (χ2n) is 7.73. The summed E-state index contributed by atoms with van der Waals surface area (Å²) in [4.78, 5) is 16.8. The van der Waals surface area contributed by atoms with Gasteiger partial charge < -0.3 is 9.88 Å². The predicted molar refractivity (Wildman–Crippen MR) is 135 cm³/mol. The molecule has 0 saturated heterocycles. The summed E-state index contributed by atoms with van der Waals surface area (Å²) in [5.41, 5.74) is 1.13. The standard InChI is InChI=1S/C22H26ClN5OS3/c1-15(20(29)25-21-24-11-12-31-21)32-22-27-26-19(28(22)17-8-3-2-4-9-17)14-30-13-16-7-5-6-10-18(16)23/h5-7,10-12,15,17H,2-4,8-9,13-14H2,1H3,(H,24,25,29)/t15-/m1/s1. The number of halogens is 1. The molecule has 0 bridgehead atoms. The molecule has 1 N–H and O–H groups in total. The van der Waals surface area contributed by atoms with E-state index in [2.05, 4.69) is 31.1 Å². The average Bonchev–Trinajstić information content (AvgIpc) is 3.45. The highest BCUT2D eigenvalue weighted by atomic mass is 35.5. The lowest BCUT2D eigenvalue weighted by Gasteiger charge is -2.26. The Morgan fingerprint density at radius 3 is 2.81 bits per heavy atom. The van der Waals surface area contributed by atoms with Gasteiger partial charge in [-0.2, -0.15) is 0 Å². The van der Waals surface area contributed by atoms with E-state index in [1.807, 2.05) is 30.5 Å². The van der Waals surface area contributed by atoms with E-state index in [9.17, 15) is 4.79 Å². The molecule has 1 atom stereocenters. The highest BCUT2D eigenvalue weighted by molar-refractivity contribution is 8.00. The summed E-state index contributed by atoms with van der Waals surface area (Å²) in [6.45, 7) is 1.90. The molecule has 1 fully saturated rings. The smallest absolute Gasteiger partial charge is 0.239 e. The summed E-state index contributed by atoms with van der Waals surface area (Å²) < 4.78 is 2.29. The second-order valence-corrected chi connectivity index (χ2v) is 11.3. The molecular formula is C22H26ClN5OS3. The molecule has 1 aromatic carbocycles. The first kappa shape index (κ1) is 23.6. The number of aromatic nitrogens is 4. The minimum Gasteiger partial charge on any atom is -0.302 e.